The Morgan fingerprint density at radius 2 is 2.00 bits per heavy atom. The van der Waals surface area contributed by atoms with Gasteiger partial charge in [0.15, 0.2) is 0 Å². The summed E-state index contributed by atoms with van der Waals surface area (Å²) in [7, 11) is 0. The molecule has 0 aliphatic rings. The van der Waals surface area contributed by atoms with E-state index in [1.165, 1.54) is 18.0 Å². The SMILES string of the molecule is CSCCC(N/C=C(/C#N)C(=O)N(Cc1ccccc1)C(C)C)C(=O)O. The summed E-state index contributed by atoms with van der Waals surface area (Å²) in [6.07, 6.45) is 3.52. The van der Waals surface area contributed by atoms with Crippen molar-refractivity contribution >= 4 is 23.6 Å². The van der Waals surface area contributed by atoms with E-state index < -0.39 is 17.9 Å². The highest BCUT2D eigenvalue weighted by Gasteiger charge is 2.22. The lowest BCUT2D eigenvalue weighted by Gasteiger charge is -2.26. The first-order valence-corrected chi connectivity index (χ1v) is 9.73. The van der Waals surface area contributed by atoms with Gasteiger partial charge >= 0.3 is 5.97 Å². The van der Waals surface area contributed by atoms with Gasteiger partial charge in [0.1, 0.15) is 17.7 Å². The lowest BCUT2D eigenvalue weighted by Crippen LogP contribution is -2.39. The van der Waals surface area contributed by atoms with Crippen LogP contribution in [0.1, 0.15) is 25.8 Å². The van der Waals surface area contributed by atoms with E-state index in [1.807, 2.05) is 56.5 Å². The maximum absolute atomic E-state index is 12.8. The zero-order valence-electron chi connectivity index (χ0n) is 15.3. The molecule has 0 aliphatic heterocycles. The molecule has 140 valence electrons. The molecule has 0 saturated carbocycles. The zero-order chi connectivity index (χ0) is 19.5. The molecule has 26 heavy (non-hydrogen) atoms. The van der Waals surface area contributed by atoms with Crippen LogP contribution in [-0.4, -0.2) is 46.0 Å². The average Bonchev–Trinajstić information content (AvgIpc) is 2.62. The first-order valence-electron chi connectivity index (χ1n) is 8.33. The summed E-state index contributed by atoms with van der Waals surface area (Å²) in [5, 5.41) is 21.3. The lowest BCUT2D eigenvalue weighted by molar-refractivity contribution is -0.139. The first kappa shape index (κ1) is 21.6. The number of amides is 1. The summed E-state index contributed by atoms with van der Waals surface area (Å²) < 4.78 is 0. The number of benzene rings is 1. The van der Waals surface area contributed by atoms with Crippen molar-refractivity contribution in [3.63, 3.8) is 0 Å². The third kappa shape index (κ3) is 6.81. The number of hydrogen-bond acceptors (Lipinski definition) is 5. The fraction of sp³-hybridized carbons (Fsp3) is 0.421. The molecular weight excluding hydrogens is 350 g/mol. The van der Waals surface area contributed by atoms with Crippen molar-refractivity contribution < 1.29 is 14.7 Å². The largest absolute Gasteiger partial charge is 0.480 e. The van der Waals surface area contributed by atoms with E-state index in [0.29, 0.717) is 18.7 Å². The number of aliphatic carboxylic acids is 1. The number of carboxylic acid groups (broad SMARTS) is 1. The minimum atomic E-state index is -1.01. The van der Waals surface area contributed by atoms with E-state index >= 15 is 0 Å². The Morgan fingerprint density at radius 1 is 1.35 bits per heavy atom. The van der Waals surface area contributed by atoms with Gasteiger partial charge in [0.2, 0.25) is 0 Å². The predicted octanol–water partition coefficient (Wildman–Crippen LogP) is 2.63. The lowest BCUT2D eigenvalue weighted by atomic mass is 10.1. The topological polar surface area (TPSA) is 93.4 Å². The second kappa shape index (κ2) is 11.2. The molecule has 0 bridgehead atoms. The molecule has 0 aromatic heterocycles. The zero-order valence-corrected chi connectivity index (χ0v) is 16.1. The highest BCUT2D eigenvalue weighted by molar-refractivity contribution is 7.98. The monoisotopic (exact) mass is 375 g/mol. The molecule has 0 saturated heterocycles. The van der Waals surface area contributed by atoms with Crippen LogP contribution in [0, 0.1) is 11.3 Å². The number of rotatable bonds is 10. The number of nitriles is 1. The van der Waals surface area contributed by atoms with Crippen molar-refractivity contribution in [2.24, 2.45) is 0 Å². The highest BCUT2D eigenvalue weighted by Crippen LogP contribution is 2.12. The average molecular weight is 375 g/mol. The summed E-state index contributed by atoms with van der Waals surface area (Å²) in [6, 6.07) is 10.5. The van der Waals surface area contributed by atoms with Gasteiger partial charge in [-0.2, -0.15) is 17.0 Å². The summed E-state index contributed by atoms with van der Waals surface area (Å²) in [4.78, 5) is 25.6. The van der Waals surface area contributed by atoms with E-state index in [0.717, 1.165) is 5.56 Å². The van der Waals surface area contributed by atoms with Crippen molar-refractivity contribution in [1.29, 1.82) is 5.26 Å². The van der Waals surface area contributed by atoms with Crippen LogP contribution < -0.4 is 5.32 Å². The van der Waals surface area contributed by atoms with Crippen LogP contribution in [0.25, 0.3) is 0 Å². The Morgan fingerprint density at radius 3 is 2.50 bits per heavy atom. The molecule has 1 amide bonds. The highest BCUT2D eigenvalue weighted by atomic mass is 32.2. The van der Waals surface area contributed by atoms with Gasteiger partial charge < -0.3 is 15.3 Å². The standard InChI is InChI=1S/C19H25N3O3S/c1-14(2)22(13-15-7-5-4-6-8-15)18(23)16(11-20)12-21-17(19(24)25)9-10-26-3/h4-8,12,14,17,21H,9-10,13H2,1-3H3,(H,24,25)/b16-12-. The van der Waals surface area contributed by atoms with Crippen LogP contribution in [0.4, 0.5) is 0 Å². The number of nitrogens with one attached hydrogen (secondary N) is 1. The van der Waals surface area contributed by atoms with Gasteiger partial charge in [-0.05, 0) is 37.8 Å². The second-order valence-electron chi connectivity index (χ2n) is 6.02. The quantitative estimate of drug-likeness (QED) is 0.482. The van der Waals surface area contributed by atoms with Crippen molar-refractivity contribution in [1.82, 2.24) is 10.2 Å². The van der Waals surface area contributed by atoms with Gasteiger partial charge in [0.05, 0.1) is 0 Å². The molecule has 7 heteroatoms. The van der Waals surface area contributed by atoms with E-state index in [-0.39, 0.29) is 11.6 Å². The minimum absolute atomic E-state index is 0.105. The third-order valence-corrected chi connectivity index (χ3v) is 4.41. The summed E-state index contributed by atoms with van der Waals surface area (Å²) in [6.45, 7) is 4.13. The summed E-state index contributed by atoms with van der Waals surface area (Å²) in [5.74, 6) is -0.766. The van der Waals surface area contributed by atoms with Gasteiger partial charge in [-0.15, -0.1) is 0 Å². The molecular formula is C19H25N3O3S. The van der Waals surface area contributed by atoms with Crippen molar-refractivity contribution in [2.45, 2.75) is 38.9 Å². The Hall–Kier alpha value is -2.46. The smallest absolute Gasteiger partial charge is 0.326 e. The number of nitrogens with zero attached hydrogens (tertiary/aromatic N) is 2. The van der Waals surface area contributed by atoms with Crippen molar-refractivity contribution in [2.75, 3.05) is 12.0 Å². The van der Waals surface area contributed by atoms with Crippen LogP contribution in [0.3, 0.4) is 0 Å². The maximum atomic E-state index is 12.8. The number of hydrogen-bond donors (Lipinski definition) is 2. The van der Waals surface area contributed by atoms with Gasteiger partial charge in [-0.1, -0.05) is 30.3 Å². The van der Waals surface area contributed by atoms with Gasteiger partial charge in [0, 0.05) is 18.8 Å². The Bertz CT molecular complexity index is 668. The summed E-state index contributed by atoms with van der Waals surface area (Å²) in [5.41, 5.74) is 0.855. The first-order chi connectivity index (χ1) is 12.4. The Kier molecular flexibility index (Phi) is 9.31. The Labute approximate surface area is 158 Å². The molecule has 0 fully saturated rings. The van der Waals surface area contributed by atoms with Crippen LogP contribution in [0.5, 0.6) is 0 Å². The molecule has 1 aromatic carbocycles. The number of carboxylic acids is 1. The van der Waals surface area contributed by atoms with Crippen LogP contribution in [-0.2, 0) is 16.1 Å². The van der Waals surface area contributed by atoms with E-state index in [1.54, 1.807) is 4.90 Å². The maximum Gasteiger partial charge on any atom is 0.326 e. The second-order valence-corrected chi connectivity index (χ2v) is 7.01. The number of carbonyl (C=O) groups excluding carboxylic acids is 1. The third-order valence-electron chi connectivity index (χ3n) is 3.77. The Balaban J connectivity index is 2.92. The number of thioether (sulfide) groups is 1. The fourth-order valence-electron chi connectivity index (χ4n) is 2.26. The van der Waals surface area contributed by atoms with Gasteiger partial charge in [0.25, 0.3) is 5.91 Å². The molecule has 1 atom stereocenters. The molecule has 1 rings (SSSR count). The van der Waals surface area contributed by atoms with E-state index in [4.69, 9.17) is 0 Å². The molecule has 2 N–H and O–H groups in total. The molecule has 0 spiro atoms. The predicted molar refractivity (Wildman–Crippen MR) is 103 cm³/mol. The van der Waals surface area contributed by atoms with Crippen molar-refractivity contribution in [3.05, 3.63) is 47.7 Å². The number of carbonyl (C=O) groups is 2. The van der Waals surface area contributed by atoms with E-state index in [9.17, 15) is 20.0 Å². The molecule has 0 heterocycles. The molecule has 6 nitrogen and oxygen atoms in total. The van der Waals surface area contributed by atoms with Crippen molar-refractivity contribution in [3.8, 4) is 6.07 Å². The molecule has 1 unspecified atom stereocenters. The van der Waals surface area contributed by atoms with Crippen LogP contribution in [0.2, 0.25) is 0 Å². The van der Waals surface area contributed by atoms with Gasteiger partial charge in [-0.3, -0.25) is 4.79 Å². The fourth-order valence-corrected chi connectivity index (χ4v) is 2.73. The molecule has 0 radical (unpaired) electrons. The van der Waals surface area contributed by atoms with E-state index in [2.05, 4.69) is 5.32 Å². The minimum Gasteiger partial charge on any atom is -0.480 e. The molecule has 0 aliphatic carbocycles. The molecule has 1 aromatic rings. The summed E-state index contributed by atoms with van der Waals surface area (Å²) >= 11 is 1.54. The normalized spacial score (nSPS) is 12.3. The van der Waals surface area contributed by atoms with Crippen LogP contribution in [0.15, 0.2) is 42.1 Å². The van der Waals surface area contributed by atoms with Gasteiger partial charge in [-0.25, -0.2) is 4.79 Å². The van der Waals surface area contributed by atoms with Crippen LogP contribution >= 0.6 is 11.8 Å².